The van der Waals surface area contributed by atoms with Crippen LogP contribution in [0.4, 0.5) is 0 Å². The van der Waals surface area contributed by atoms with E-state index < -0.39 is 5.97 Å². The molecular formula is C16H28O4. The molecule has 20 heavy (non-hydrogen) atoms. The Morgan fingerprint density at radius 2 is 1.50 bits per heavy atom. The summed E-state index contributed by atoms with van der Waals surface area (Å²) < 4.78 is 0. The number of hydrogen-bond acceptors (Lipinski definition) is 3. The average molecular weight is 284 g/mol. The van der Waals surface area contributed by atoms with E-state index >= 15 is 0 Å². The van der Waals surface area contributed by atoms with Gasteiger partial charge >= 0.3 is 5.97 Å². The quantitative estimate of drug-likeness (QED) is 0.724. The molecule has 0 radical (unpaired) electrons. The molecule has 2 rings (SSSR count). The highest BCUT2D eigenvalue weighted by atomic mass is 16.4. The number of carbonyl (C=O) groups is 1. The van der Waals surface area contributed by atoms with Gasteiger partial charge in [0.05, 0.1) is 12.0 Å². The lowest BCUT2D eigenvalue weighted by molar-refractivity contribution is -0.143. The van der Waals surface area contributed by atoms with Crippen LogP contribution in [0.15, 0.2) is 0 Å². The van der Waals surface area contributed by atoms with Gasteiger partial charge in [-0.05, 0) is 62.7 Å². The van der Waals surface area contributed by atoms with Crippen molar-refractivity contribution in [3.05, 3.63) is 0 Å². The van der Waals surface area contributed by atoms with E-state index in [1.165, 1.54) is 0 Å². The van der Waals surface area contributed by atoms with Crippen molar-refractivity contribution >= 4 is 5.97 Å². The van der Waals surface area contributed by atoms with E-state index in [0.29, 0.717) is 37.2 Å². The molecular weight excluding hydrogens is 256 g/mol. The molecule has 2 aliphatic carbocycles. The number of hydrogen-bond donors (Lipinski definition) is 3. The lowest BCUT2D eigenvalue weighted by atomic mass is 9.74. The Balaban J connectivity index is 1.70. The van der Waals surface area contributed by atoms with Gasteiger partial charge in [-0.3, -0.25) is 4.79 Å². The van der Waals surface area contributed by atoms with Crippen molar-refractivity contribution < 1.29 is 20.1 Å². The highest BCUT2D eigenvalue weighted by molar-refractivity contribution is 5.69. The molecule has 0 bridgehead atoms. The zero-order chi connectivity index (χ0) is 14.5. The molecule has 2 fully saturated rings. The average Bonchev–Trinajstić information content (AvgIpc) is 2.48. The molecule has 4 nitrogen and oxygen atoms in total. The van der Waals surface area contributed by atoms with Gasteiger partial charge in [0.25, 0.3) is 0 Å². The molecule has 3 N–H and O–H groups in total. The van der Waals surface area contributed by atoms with Crippen molar-refractivity contribution in [1.29, 1.82) is 0 Å². The number of aliphatic hydroxyl groups excluding tert-OH is 2. The summed E-state index contributed by atoms with van der Waals surface area (Å²) in [5.74, 6) is 0.472. The van der Waals surface area contributed by atoms with Crippen LogP contribution in [0.2, 0.25) is 0 Å². The van der Waals surface area contributed by atoms with Crippen LogP contribution in [0.3, 0.4) is 0 Å². The molecule has 2 saturated carbocycles. The molecule has 0 aromatic rings. The lowest BCUT2D eigenvalue weighted by Gasteiger charge is -2.33. The second-order valence-corrected chi connectivity index (χ2v) is 6.82. The van der Waals surface area contributed by atoms with Gasteiger partial charge in [0.2, 0.25) is 0 Å². The van der Waals surface area contributed by atoms with Gasteiger partial charge in [-0.15, -0.1) is 0 Å². The largest absolute Gasteiger partial charge is 0.481 e. The van der Waals surface area contributed by atoms with E-state index in [1.54, 1.807) is 0 Å². The summed E-state index contributed by atoms with van der Waals surface area (Å²) in [6, 6.07) is 0. The van der Waals surface area contributed by atoms with Crippen LogP contribution in [0, 0.1) is 23.7 Å². The predicted molar refractivity (Wildman–Crippen MR) is 76.2 cm³/mol. The molecule has 0 amide bonds. The summed E-state index contributed by atoms with van der Waals surface area (Å²) in [5.41, 5.74) is 0. The monoisotopic (exact) mass is 284 g/mol. The van der Waals surface area contributed by atoms with E-state index in [1.807, 2.05) is 0 Å². The molecule has 0 aromatic carbocycles. The topological polar surface area (TPSA) is 77.8 Å². The molecule has 0 aliphatic heterocycles. The molecule has 116 valence electrons. The summed E-state index contributed by atoms with van der Waals surface area (Å²) >= 11 is 0. The maximum absolute atomic E-state index is 10.9. The minimum Gasteiger partial charge on any atom is -0.481 e. The maximum atomic E-state index is 10.9. The molecule has 2 aliphatic rings. The van der Waals surface area contributed by atoms with Gasteiger partial charge in [-0.25, -0.2) is 0 Å². The van der Waals surface area contributed by atoms with E-state index in [4.69, 9.17) is 10.2 Å². The molecule has 0 spiro atoms. The minimum atomic E-state index is -0.680. The third-order valence-electron chi connectivity index (χ3n) is 5.46. The molecule has 1 atom stereocenters. The fraction of sp³-hybridized carbons (Fsp3) is 0.938. The summed E-state index contributed by atoms with van der Waals surface area (Å²) in [6.07, 6.45) is 8.14. The van der Waals surface area contributed by atoms with Crippen molar-refractivity contribution in [3.8, 4) is 0 Å². The number of carboxylic acids is 1. The Morgan fingerprint density at radius 3 is 2.00 bits per heavy atom. The molecule has 4 heteroatoms. The maximum Gasteiger partial charge on any atom is 0.306 e. The highest BCUT2D eigenvalue weighted by Gasteiger charge is 2.31. The first-order chi connectivity index (χ1) is 9.60. The van der Waals surface area contributed by atoms with Crippen LogP contribution in [-0.2, 0) is 4.79 Å². The Kier molecular flexibility index (Phi) is 5.85. The zero-order valence-electron chi connectivity index (χ0n) is 12.2. The molecule has 0 heterocycles. The number of aliphatic carboxylic acids is 1. The van der Waals surface area contributed by atoms with Gasteiger partial charge in [0.1, 0.15) is 0 Å². The van der Waals surface area contributed by atoms with Crippen LogP contribution >= 0.6 is 0 Å². The van der Waals surface area contributed by atoms with Gasteiger partial charge < -0.3 is 15.3 Å². The fourth-order valence-electron chi connectivity index (χ4n) is 3.93. The number of aliphatic hydroxyl groups is 2. The van der Waals surface area contributed by atoms with Crippen molar-refractivity contribution in [2.24, 2.45) is 23.7 Å². The van der Waals surface area contributed by atoms with Crippen molar-refractivity contribution in [2.75, 3.05) is 6.61 Å². The van der Waals surface area contributed by atoms with Gasteiger partial charge in [0.15, 0.2) is 0 Å². The smallest absolute Gasteiger partial charge is 0.306 e. The van der Waals surface area contributed by atoms with Crippen molar-refractivity contribution in [3.63, 3.8) is 0 Å². The Morgan fingerprint density at radius 1 is 0.950 bits per heavy atom. The van der Waals surface area contributed by atoms with Crippen molar-refractivity contribution in [1.82, 2.24) is 0 Å². The Labute approximate surface area is 121 Å². The Bertz CT molecular complexity index is 302. The van der Waals surface area contributed by atoms with Crippen LogP contribution in [-0.4, -0.2) is 34.0 Å². The number of carboxylic acid groups (broad SMARTS) is 1. The first-order valence-electron chi connectivity index (χ1n) is 8.11. The summed E-state index contributed by atoms with van der Waals surface area (Å²) in [4.78, 5) is 10.9. The summed E-state index contributed by atoms with van der Waals surface area (Å²) in [5, 5.41) is 28.5. The van der Waals surface area contributed by atoms with E-state index in [2.05, 4.69) is 0 Å². The third kappa shape index (κ3) is 4.19. The SMILES string of the molecule is O=C(O)C1CCC(C(O)CC2CCC(CO)CC2)CC1. The molecule has 1 unspecified atom stereocenters. The first-order valence-corrected chi connectivity index (χ1v) is 8.11. The van der Waals surface area contributed by atoms with Crippen LogP contribution in [0.1, 0.15) is 57.8 Å². The first kappa shape index (κ1) is 15.8. The van der Waals surface area contributed by atoms with Crippen molar-refractivity contribution in [2.45, 2.75) is 63.9 Å². The Hall–Kier alpha value is -0.610. The predicted octanol–water partition coefficient (Wildman–Crippen LogP) is 2.43. The van der Waals surface area contributed by atoms with Gasteiger partial charge in [-0.1, -0.05) is 12.8 Å². The minimum absolute atomic E-state index is 0.196. The van der Waals surface area contributed by atoms with Gasteiger partial charge in [-0.2, -0.15) is 0 Å². The van der Waals surface area contributed by atoms with Gasteiger partial charge in [0, 0.05) is 6.61 Å². The van der Waals surface area contributed by atoms with E-state index in [-0.39, 0.29) is 12.0 Å². The lowest BCUT2D eigenvalue weighted by Crippen LogP contribution is -2.31. The summed E-state index contributed by atoms with van der Waals surface area (Å²) in [6.45, 7) is 0.300. The number of rotatable bonds is 5. The molecule has 0 aromatic heterocycles. The third-order valence-corrected chi connectivity index (χ3v) is 5.46. The molecule has 0 saturated heterocycles. The normalized spacial score (nSPS) is 36.5. The second-order valence-electron chi connectivity index (χ2n) is 6.82. The van der Waals surface area contributed by atoms with Crippen LogP contribution in [0.25, 0.3) is 0 Å². The van der Waals surface area contributed by atoms with E-state index in [0.717, 1.165) is 44.9 Å². The van der Waals surface area contributed by atoms with Crippen LogP contribution in [0.5, 0.6) is 0 Å². The van der Waals surface area contributed by atoms with Crippen LogP contribution < -0.4 is 0 Å². The summed E-state index contributed by atoms with van der Waals surface area (Å²) in [7, 11) is 0. The standard InChI is InChI=1S/C16H28O4/c17-10-12-3-1-11(2-4-12)9-15(18)13-5-7-14(8-6-13)16(19)20/h11-15,17-18H,1-10H2,(H,19,20). The fourth-order valence-corrected chi connectivity index (χ4v) is 3.93. The van der Waals surface area contributed by atoms with E-state index in [9.17, 15) is 9.90 Å². The zero-order valence-corrected chi connectivity index (χ0v) is 12.2. The highest BCUT2D eigenvalue weighted by Crippen LogP contribution is 2.36. The second kappa shape index (κ2) is 7.41.